The summed E-state index contributed by atoms with van der Waals surface area (Å²) in [6.07, 6.45) is -9.70. The zero-order chi connectivity index (χ0) is 15.3. The Balaban J connectivity index is 2.48. The Labute approximate surface area is 123 Å². The maximum absolute atomic E-state index is 13.0. The molecule has 0 atom stereocenters. The molecule has 11 heteroatoms. The van der Waals surface area contributed by atoms with E-state index in [-0.39, 0.29) is 10.0 Å². The summed E-state index contributed by atoms with van der Waals surface area (Å²) in [4.78, 5) is 0. The molecule has 112 valence electrons. The van der Waals surface area contributed by atoms with Gasteiger partial charge in [-0.15, -0.1) is 0 Å². The van der Waals surface area contributed by atoms with Gasteiger partial charge in [-0.3, -0.25) is 0 Å². The van der Waals surface area contributed by atoms with Gasteiger partial charge >= 0.3 is 12.2 Å². The van der Waals surface area contributed by atoms with Crippen LogP contribution in [0.15, 0.2) is 16.6 Å². The minimum absolute atomic E-state index is 0.0385. The number of rotatable bonds is 2. The van der Waals surface area contributed by atoms with Crippen molar-refractivity contribution in [1.29, 1.82) is 0 Å². The quantitative estimate of drug-likeness (QED) is 0.564. The average molecular weight is 400 g/mol. The Morgan fingerprint density at radius 2 is 1.55 bits per heavy atom. The number of ether oxygens (including phenoxy) is 2. The average Bonchev–Trinajstić information content (AvgIpc) is 2.20. The van der Waals surface area contributed by atoms with E-state index in [0.29, 0.717) is 0 Å². The van der Waals surface area contributed by atoms with E-state index in [1.54, 1.807) is 0 Å². The molecule has 0 saturated carbocycles. The maximum Gasteiger partial charge on any atom is 0.507 e. The molecule has 0 radical (unpaired) electrons. The van der Waals surface area contributed by atoms with E-state index in [9.17, 15) is 26.0 Å². The van der Waals surface area contributed by atoms with Crippen molar-refractivity contribution < 1.29 is 35.5 Å². The largest absolute Gasteiger partial charge is 0.507 e. The van der Waals surface area contributed by atoms with Gasteiger partial charge in [0.15, 0.2) is 11.5 Å². The van der Waals surface area contributed by atoms with Crippen LogP contribution >= 0.6 is 26.6 Å². The van der Waals surface area contributed by atoms with Crippen molar-refractivity contribution in [2.75, 3.05) is 0 Å². The van der Waals surface area contributed by atoms with Crippen molar-refractivity contribution in [2.24, 2.45) is 0 Å². The summed E-state index contributed by atoms with van der Waals surface area (Å²) in [5.74, 6) is -2.06. The Morgan fingerprint density at radius 3 is 2.00 bits per heavy atom. The molecule has 0 fully saturated rings. The standard InChI is InChI=1S/C9H4BrClF4O4S/c10-5-2-7-6(1-4(5)3-20(11,16)17)18-8(12,13)9(14,15)19-7/h1-2H,3H2. The summed E-state index contributed by atoms with van der Waals surface area (Å²) in [6.45, 7) is 0. The molecule has 4 nitrogen and oxygen atoms in total. The fraction of sp³-hybridized carbons (Fsp3) is 0.333. The van der Waals surface area contributed by atoms with Crippen LogP contribution in [0.4, 0.5) is 17.6 Å². The molecular weight excluding hydrogens is 396 g/mol. The van der Waals surface area contributed by atoms with Gasteiger partial charge < -0.3 is 9.47 Å². The summed E-state index contributed by atoms with van der Waals surface area (Å²) >= 11 is 2.90. The van der Waals surface area contributed by atoms with Gasteiger partial charge in [0.05, 0.1) is 5.75 Å². The van der Waals surface area contributed by atoms with E-state index in [2.05, 4.69) is 25.4 Å². The predicted molar refractivity (Wildman–Crippen MR) is 63.8 cm³/mol. The molecule has 0 aliphatic carbocycles. The molecule has 0 amide bonds. The van der Waals surface area contributed by atoms with Crippen LogP contribution in [0.2, 0.25) is 0 Å². The summed E-state index contributed by atoms with van der Waals surface area (Å²) in [5, 5.41) is 0. The second kappa shape index (κ2) is 4.63. The molecule has 1 heterocycles. The molecule has 0 spiro atoms. The first kappa shape index (κ1) is 15.6. The monoisotopic (exact) mass is 398 g/mol. The van der Waals surface area contributed by atoms with Crippen molar-refractivity contribution in [2.45, 2.75) is 18.0 Å². The summed E-state index contributed by atoms with van der Waals surface area (Å²) in [5.41, 5.74) is -0.0385. The molecule has 1 aliphatic heterocycles. The highest BCUT2D eigenvalue weighted by atomic mass is 79.9. The third kappa shape index (κ3) is 2.96. The zero-order valence-corrected chi connectivity index (χ0v) is 12.3. The highest BCUT2D eigenvalue weighted by Crippen LogP contribution is 2.48. The smallest absolute Gasteiger partial charge is 0.421 e. The number of hydrogen-bond donors (Lipinski definition) is 0. The lowest BCUT2D eigenvalue weighted by atomic mass is 10.2. The summed E-state index contributed by atoms with van der Waals surface area (Å²) < 4.78 is 81.5. The topological polar surface area (TPSA) is 52.6 Å². The van der Waals surface area contributed by atoms with Crippen LogP contribution in [0.25, 0.3) is 0 Å². The number of hydrogen-bond acceptors (Lipinski definition) is 4. The molecule has 0 N–H and O–H groups in total. The molecule has 0 aromatic heterocycles. The molecule has 0 saturated heterocycles. The first-order valence-electron chi connectivity index (χ1n) is 4.80. The Bertz CT molecular complexity index is 664. The van der Waals surface area contributed by atoms with Gasteiger partial charge in [0, 0.05) is 15.2 Å². The van der Waals surface area contributed by atoms with E-state index in [1.807, 2.05) is 0 Å². The molecule has 2 rings (SSSR count). The van der Waals surface area contributed by atoms with Gasteiger partial charge in [-0.05, 0) is 17.7 Å². The third-order valence-corrected chi connectivity index (χ3v) is 3.98. The van der Waals surface area contributed by atoms with Crippen LogP contribution in [0.1, 0.15) is 5.56 Å². The van der Waals surface area contributed by atoms with Gasteiger partial charge in [-0.1, -0.05) is 15.9 Å². The van der Waals surface area contributed by atoms with Crippen LogP contribution in [-0.4, -0.2) is 20.6 Å². The Morgan fingerprint density at radius 1 is 1.10 bits per heavy atom. The SMILES string of the molecule is O=S(=O)(Cl)Cc1cc2c(cc1Br)OC(F)(F)C(F)(F)O2. The molecular formula is C9H4BrClF4O4S. The first-order chi connectivity index (χ1) is 8.91. The van der Waals surface area contributed by atoms with Crippen LogP contribution in [0, 0.1) is 0 Å². The normalized spacial score (nSPS) is 19.7. The minimum atomic E-state index is -4.87. The van der Waals surface area contributed by atoms with E-state index in [1.165, 1.54) is 0 Å². The predicted octanol–water partition coefficient (Wildman–Crippen LogP) is 3.47. The molecule has 20 heavy (non-hydrogen) atoms. The maximum atomic E-state index is 13.0. The number of benzene rings is 1. The highest BCUT2D eigenvalue weighted by Gasteiger charge is 2.66. The molecule has 0 bridgehead atoms. The summed E-state index contributed by atoms with van der Waals surface area (Å²) in [6, 6.07) is 1.73. The van der Waals surface area contributed by atoms with Crippen molar-refractivity contribution in [3.05, 3.63) is 22.2 Å². The summed E-state index contributed by atoms with van der Waals surface area (Å²) in [7, 11) is 1.07. The van der Waals surface area contributed by atoms with Gasteiger partial charge in [0.25, 0.3) is 0 Å². The van der Waals surface area contributed by atoms with Crippen LogP contribution in [0.5, 0.6) is 11.5 Å². The molecule has 1 aromatic rings. The van der Waals surface area contributed by atoms with E-state index in [0.717, 1.165) is 12.1 Å². The number of fused-ring (bicyclic) bond motifs is 1. The lowest BCUT2D eigenvalue weighted by molar-refractivity contribution is -0.391. The van der Waals surface area contributed by atoms with Crippen molar-refractivity contribution in [1.82, 2.24) is 0 Å². The number of halogens is 6. The fourth-order valence-electron chi connectivity index (χ4n) is 1.43. The van der Waals surface area contributed by atoms with Gasteiger partial charge in [0.2, 0.25) is 9.05 Å². The second-order valence-corrected chi connectivity index (χ2v) is 7.44. The zero-order valence-electron chi connectivity index (χ0n) is 9.17. The van der Waals surface area contributed by atoms with Crippen molar-refractivity contribution >= 4 is 35.7 Å². The Hall–Kier alpha value is -0.740. The van der Waals surface area contributed by atoms with Crippen molar-refractivity contribution in [3.8, 4) is 11.5 Å². The number of alkyl halides is 4. The molecule has 1 aliphatic rings. The van der Waals surface area contributed by atoms with Gasteiger partial charge in [-0.2, -0.15) is 17.6 Å². The van der Waals surface area contributed by atoms with Crippen molar-refractivity contribution in [3.63, 3.8) is 0 Å². The second-order valence-electron chi connectivity index (χ2n) is 3.81. The Kier molecular flexibility index (Phi) is 3.63. The van der Waals surface area contributed by atoms with E-state index < -0.39 is 38.5 Å². The minimum Gasteiger partial charge on any atom is -0.421 e. The lowest BCUT2D eigenvalue weighted by Gasteiger charge is -2.32. The molecule has 0 unspecified atom stereocenters. The molecule has 1 aromatic carbocycles. The van der Waals surface area contributed by atoms with Crippen LogP contribution in [0.3, 0.4) is 0 Å². The van der Waals surface area contributed by atoms with Gasteiger partial charge in [-0.25, -0.2) is 8.42 Å². The highest BCUT2D eigenvalue weighted by molar-refractivity contribution is 9.10. The lowest BCUT2D eigenvalue weighted by Crippen LogP contribution is -2.52. The van der Waals surface area contributed by atoms with Crippen LogP contribution in [-0.2, 0) is 14.8 Å². The van der Waals surface area contributed by atoms with E-state index in [4.69, 9.17) is 10.7 Å². The first-order valence-corrected chi connectivity index (χ1v) is 8.07. The van der Waals surface area contributed by atoms with Gasteiger partial charge in [0.1, 0.15) is 0 Å². The van der Waals surface area contributed by atoms with E-state index >= 15 is 0 Å². The third-order valence-electron chi connectivity index (χ3n) is 2.26. The van der Waals surface area contributed by atoms with Crippen LogP contribution < -0.4 is 9.47 Å². The fourth-order valence-corrected chi connectivity index (χ4v) is 3.04.